The van der Waals surface area contributed by atoms with Gasteiger partial charge >= 0.3 is 6.61 Å². The third-order valence-electron chi connectivity index (χ3n) is 4.18. The minimum Gasteiger partial charge on any atom is -0.487 e. The van der Waals surface area contributed by atoms with Crippen LogP contribution in [0.5, 0.6) is 5.75 Å². The molecule has 4 nitrogen and oxygen atoms in total. The minimum atomic E-state index is -2.71. The minimum absolute atomic E-state index is 0.0250. The third kappa shape index (κ3) is 5.03. The quantitative estimate of drug-likeness (QED) is 0.562. The lowest BCUT2D eigenvalue weighted by Gasteiger charge is -2.16. The standard InChI is InChI=1S/C19H22F2N2O2S/c1-23(9-10-24-19(20)21)8-7-14-12-22-16-5-2-6-17(18(14)16)25-13-15-4-3-11-26-15/h2-6,11-12,19,22H,7-10,13H2,1H3. The molecule has 1 N–H and O–H groups in total. The number of halogens is 2. The highest BCUT2D eigenvalue weighted by atomic mass is 32.1. The Morgan fingerprint density at radius 3 is 2.85 bits per heavy atom. The number of H-pyrrole nitrogens is 1. The summed E-state index contributed by atoms with van der Waals surface area (Å²) in [5.74, 6) is 0.857. The molecule has 7 heteroatoms. The summed E-state index contributed by atoms with van der Waals surface area (Å²) in [6.45, 7) is -0.920. The number of hydrogen-bond acceptors (Lipinski definition) is 4. The molecule has 0 bridgehead atoms. The molecule has 0 aliphatic carbocycles. The van der Waals surface area contributed by atoms with Crippen molar-refractivity contribution in [2.75, 3.05) is 26.7 Å². The van der Waals surface area contributed by atoms with Gasteiger partial charge in [-0.1, -0.05) is 12.1 Å². The Labute approximate surface area is 155 Å². The monoisotopic (exact) mass is 380 g/mol. The molecule has 0 saturated heterocycles. The number of fused-ring (bicyclic) bond motifs is 1. The Kier molecular flexibility index (Phi) is 6.60. The molecule has 2 heterocycles. The lowest BCUT2D eigenvalue weighted by molar-refractivity contribution is -0.131. The highest BCUT2D eigenvalue weighted by Gasteiger charge is 2.11. The molecule has 140 valence electrons. The molecule has 26 heavy (non-hydrogen) atoms. The number of thiophene rings is 1. The van der Waals surface area contributed by atoms with Crippen LogP contribution in [0.3, 0.4) is 0 Å². The zero-order valence-electron chi connectivity index (χ0n) is 14.6. The average Bonchev–Trinajstić information content (AvgIpc) is 3.28. The zero-order chi connectivity index (χ0) is 18.4. The van der Waals surface area contributed by atoms with Gasteiger partial charge in [0.05, 0.1) is 6.61 Å². The van der Waals surface area contributed by atoms with Crippen LogP contribution in [0.25, 0.3) is 10.9 Å². The smallest absolute Gasteiger partial charge is 0.345 e. The lowest BCUT2D eigenvalue weighted by atomic mass is 10.1. The van der Waals surface area contributed by atoms with Gasteiger partial charge < -0.3 is 19.4 Å². The first-order valence-corrected chi connectivity index (χ1v) is 9.34. The van der Waals surface area contributed by atoms with Crippen molar-refractivity contribution in [2.45, 2.75) is 19.6 Å². The van der Waals surface area contributed by atoms with E-state index in [1.165, 1.54) is 4.88 Å². The van der Waals surface area contributed by atoms with Crippen LogP contribution in [-0.2, 0) is 17.8 Å². The normalized spacial score (nSPS) is 11.7. The van der Waals surface area contributed by atoms with Gasteiger partial charge in [0.1, 0.15) is 12.4 Å². The summed E-state index contributed by atoms with van der Waals surface area (Å²) < 4.78 is 34.4. The largest absolute Gasteiger partial charge is 0.487 e. The van der Waals surface area contributed by atoms with Crippen molar-refractivity contribution >= 4 is 22.2 Å². The predicted molar refractivity (Wildman–Crippen MR) is 100 cm³/mol. The Hall–Kier alpha value is -1.96. The van der Waals surface area contributed by atoms with E-state index in [1.54, 1.807) is 11.3 Å². The molecule has 0 radical (unpaired) electrons. The Bertz CT molecular complexity index is 805. The molecule has 3 rings (SSSR count). The summed E-state index contributed by atoms with van der Waals surface area (Å²) in [7, 11) is 1.90. The van der Waals surface area contributed by atoms with Crippen LogP contribution < -0.4 is 4.74 Å². The van der Waals surface area contributed by atoms with Gasteiger partial charge in [0.15, 0.2) is 0 Å². The van der Waals surface area contributed by atoms with Crippen LogP contribution in [0.1, 0.15) is 10.4 Å². The Balaban J connectivity index is 1.63. The summed E-state index contributed by atoms with van der Waals surface area (Å²) in [5.41, 5.74) is 2.19. The molecule has 3 aromatic rings. The number of ether oxygens (including phenoxy) is 2. The second-order valence-electron chi connectivity index (χ2n) is 6.05. The van der Waals surface area contributed by atoms with Crippen molar-refractivity contribution in [1.82, 2.24) is 9.88 Å². The van der Waals surface area contributed by atoms with E-state index in [2.05, 4.69) is 15.8 Å². The van der Waals surface area contributed by atoms with Gasteiger partial charge in [-0.2, -0.15) is 8.78 Å². The number of nitrogens with one attached hydrogen (secondary N) is 1. The first kappa shape index (κ1) is 18.8. The van der Waals surface area contributed by atoms with Crippen molar-refractivity contribution < 1.29 is 18.3 Å². The van der Waals surface area contributed by atoms with Gasteiger partial charge in [-0.15, -0.1) is 11.3 Å². The van der Waals surface area contributed by atoms with Crippen molar-refractivity contribution in [3.8, 4) is 5.75 Å². The SMILES string of the molecule is CN(CCOC(F)F)CCc1c[nH]c2cccc(OCc3cccs3)c12. The van der Waals surface area contributed by atoms with E-state index in [9.17, 15) is 8.78 Å². The summed E-state index contributed by atoms with van der Waals surface area (Å²) in [4.78, 5) is 6.44. The molecule has 1 aromatic carbocycles. The molecule has 0 spiro atoms. The number of aromatic amines is 1. The van der Waals surface area contributed by atoms with E-state index in [0.717, 1.165) is 35.2 Å². The fraction of sp³-hybridized carbons (Fsp3) is 0.368. The van der Waals surface area contributed by atoms with Gasteiger partial charge in [-0.05, 0) is 42.6 Å². The number of likely N-dealkylation sites (N-methyl/N-ethyl adjacent to an activating group) is 1. The van der Waals surface area contributed by atoms with Crippen LogP contribution in [0, 0.1) is 0 Å². The first-order chi connectivity index (χ1) is 12.6. The third-order valence-corrected chi connectivity index (χ3v) is 5.03. The van der Waals surface area contributed by atoms with E-state index < -0.39 is 6.61 Å². The number of alkyl halides is 2. The second kappa shape index (κ2) is 9.12. The van der Waals surface area contributed by atoms with Crippen molar-refractivity contribution in [3.05, 3.63) is 52.3 Å². The van der Waals surface area contributed by atoms with Crippen LogP contribution in [0.15, 0.2) is 41.9 Å². The van der Waals surface area contributed by atoms with Crippen LogP contribution in [0.2, 0.25) is 0 Å². The summed E-state index contributed by atoms with van der Waals surface area (Å²) in [6, 6.07) is 10.0. The molecule has 0 unspecified atom stereocenters. The van der Waals surface area contributed by atoms with Crippen molar-refractivity contribution in [3.63, 3.8) is 0 Å². The number of nitrogens with zero attached hydrogens (tertiary/aromatic N) is 1. The van der Waals surface area contributed by atoms with Gasteiger partial charge in [0.2, 0.25) is 0 Å². The number of aromatic nitrogens is 1. The molecule has 0 aliphatic heterocycles. The number of rotatable bonds is 10. The van der Waals surface area contributed by atoms with Gasteiger partial charge in [0, 0.05) is 35.1 Å². The topological polar surface area (TPSA) is 37.5 Å². The van der Waals surface area contributed by atoms with E-state index in [1.807, 2.05) is 47.8 Å². The molecular weight excluding hydrogens is 358 g/mol. The lowest BCUT2D eigenvalue weighted by Crippen LogP contribution is -2.26. The summed E-state index contributed by atoms with van der Waals surface area (Å²) in [5, 5.41) is 3.12. The zero-order valence-corrected chi connectivity index (χ0v) is 15.4. The average molecular weight is 380 g/mol. The van der Waals surface area contributed by atoms with E-state index in [4.69, 9.17) is 4.74 Å². The van der Waals surface area contributed by atoms with Crippen molar-refractivity contribution in [2.24, 2.45) is 0 Å². The first-order valence-electron chi connectivity index (χ1n) is 8.46. The fourth-order valence-electron chi connectivity index (χ4n) is 2.80. The summed E-state index contributed by atoms with van der Waals surface area (Å²) in [6.07, 6.45) is 2.79. The molecule has 2 aromatic heterocycles. The molecule has 0 fully saturated rings. The van der Waals surface area contributed by atoms with E-state index in [-0.39, 0.29) is 6.61 Å². The summed E-state index contributed by atoms with van der Waals surface area (Å²) >= 11 is 1.67. The number of benzene rings is 1. The molecule has 0 atom stereocenters. The molecule has 0 saturated carbocycles. The van der Waals surface area contributed by atoms with Crippen LogP contribution >= 0.6 is 11.3 Å². The fourth-order valence-corrected chi connectivity index (χ4v) is 3.42. The van der Waals surface area contributed by atoms with Gasteiger partial charge in [0.25, 0.3) is 0 Å². The van der Waals surface area contributed by atoms with Crippen molar-refractivity contribution in [1.29, 1.82) is 0 Å². The van der Waals surface area contributed by atoms with Crippen LogP contribution in [-0.4, -0.2) is 43.2 Å². The van der Waals surface area contributed by atoms with E-state index >= 15 is 0 Å². The Morgan fingerprint density at radius 2 is 2.08 bits per heavy atom. The highest BCUT2D eigenvalue weighted by Crippen LogP contribution is 2.30. The highest BCUT2D eigenvalue weighted by molar-refractivity contribution is 7.09. The van der Waals surface area contributed by atoms with Gasteiger partial charge in [-0.3, -0.25) is 0 Å². The molecule has 0 amide bonds. The molecular formula is C19H22F2N2O2S. The van der Waals surface area contributed by atoms with Crippen LogP contribution in [0.4, 0.5) is 8.78 Å². The Morgan fingerprint density at radius 1 is 1.19 bits per heavy atom. The van der Waals surface area contributed by atoms with E-state index in [0.29, 0.717) is 13.2 Å². The number of hydrogen-bond donors (Lipinski definition) is 1. The molecule has 0 aliphatic rings. The second-order valence-corrected chi connectivity index (χ2v) is 7.08. The maximum absolute atomic E-state index is 12.0. The maximum Gasteiger partial charge on any atom is 0.345 e. The predicted octanol–water partition coefficient (Wildman–Crippen LogP) is 4.52. The van der Waals surface area contributed by atoms with Gasteiger partial charge in [-0.25, -0.2) is 0 Å². The maximum atomic E-state index is 12.0.